The van der Waals surface area contributed by atoms with Crippen molar-refractivity contribution in [3.63, 3.8) is 0 Å². The number of rotatable bonds is 6. The SMILES string of the molecule is Cc1ccc(NC(=O)c2ccc(C(=O)O)c(C)n2)cc1OCC1CCOCC1. The first kappa shape index (κ1) is 19.8. The maximum absolute atomic E-state index is 12.5. The predicted octanol–water partition coefficient (Wildman–Crippen LogP) is 3.45. The number of carbonyl (C=O) groups is 2. The summed E-state index contributed by atoms with van der Waals surface area (Å²) in [4.78, 5) is 27.6. The number of nitrogens with one attached hydrogen (secondary N) is 1. The molecular weight excluding hydrogens is 360 g/mol. The average molecular weight is 384 g/mol. The molecule has 1 aliphatic heterocycles. The fourth-order valence-electron chi connectivity index (χ4n) is 3.06. The van der Waals surface area contributed by atoms with Crippen molar-refractivity contribution in [3.05, 3.63) is 52.8 Å². The van der Waals surface area contributed by atoms with Crippen LogP contribution in [0.5, 0.6) is 5.75 Å². The van der Waals surface area contributed by atoms with Crippen LogP contribution in [-0.4, -0.2) is 41.8 Å². The lowest BCUT2D eigenvalue weighted by Crippen LogP contribution is -2.21. The Morgan fingerprint density at radius 1 is 1.21 bits per heavy atom. The molecular formula is C21H24N2O5. The number of ether oxygens (including phenoxy) is 2. The van der Waals surface area contributed by atoms with Crippen molar-refractivity contribution in [2.75, 3.05) is 25.1 Å². The Morgan fingerprint density at radius 2 is 1.96 bits per heavy atom. The van der Waals surface area contributed by atoms with Gasteiger partial charge in [-0.3, -0.25) is 4.79 Å². The first-order chi connectivity index (χ1) is 13.4. The summed E-state index contributed by atoms with van der Waals surface area (Å²) in [6.45, 7) is 5.69. The van der Waals surface area contributed by atoms with E-state index in [0.717, 1.165) is 37.4 Å². The van der Waals surface area contributed by atoms with Crippen LogP contribution in [0.25, 0.3) is 0 Å². The topological polar surface area (TPSA) is 97.8 Å². The first-order valence-electron chi connectivity index (χ1n) is 9.27. The van der Waals surface area contributed by atoms with Gasteiger partial charge in [0.1, 0.15) is 11.4 Å². The van der Waals surface area contributed by atoms with E-state index in [9.17, 15) is 9.59 Å². The molecule has 0 aliphatic carbocycles. The summed E-state index contributed by atoms with van der Waals surface area (Å²) in [5.41, 5.74) is 2.12. The number of carbonyl (C=O) groups excluding carboxylic acids is 1. The van der Waals surface area contributed by atoms with Crippen molar-refractivity contribution in [2.24, 2.45) is 5.92 Å². The van der Waals surface area contributed by atoms with Gasteiger partial charge < -0.3 is 19.9 Å². The van der Waals surface area contributed by atoms with Crippen LogP contribution in [0, 0.1) is 19.8 Å². The minimum Gasteiger partial charge on any atom is -0.493 e. The number of amides is 1. The van der Waals surface area contributed by atoms with E-state index in [2.05, 4.69) is 10.3 Å². The molecule has 2 heterocycles. The number of aromatic nitrogens is 1. The molecule has 3 rings (SSSR count). The van der Waals surface area contributed by atoms with E-state index in [-0.39, 0.29) is 11.3 Å². The summed E-state index contributed by atoms with van der Waals surface area (Å²) in [5.74, 6) is -0.262. The second-order valence-corrected chi connectivity index (χ2v) is 6.94. The highest BCUT2D eigenvalue weighted by Gasteiger charge is 2.16. The summed E-state index contributed by atoms with van der Waals surface area (Å²) < 4.78 is 11.3. The number of aromatic carboxylic acids is 1. The van der Waals surface area contributed by atoms with Crippen molar-refractivity contribution >= 4 is 17.6 Å². The molecule has 0 unspecified atom stereocenters. The molecule has 7 heteroatoms. The Bertz CT molecular complexity index is 875. The molecule has 1 aliphatic rings. The van der Waals surface area contributed by atoms with Crippen molar-refractivity contribution < 1.29 is 24.2 Å². The van der Waals surface area contributed by atoms with E-state index < -0.39 is 11.9 Å². The zero-order valence-corrected chi connectivity index (χ0v) is 16.0. The van der Waals surface area contributed by atoms with E-state index in [4.69, 9.17) is 14.6 Å². The number of hydrogen-bond acceptors (Lipinski definition) is 5. The van der Waals surface area contributed by atoms with Crippen molar-refractivity contribution in [1.82, 2.24) is 4.98 Å². The minimum absolute atomic E-state index is 0.0793. The fourth-order valence-corrected chi connectivity index (χ4v) is 3.06. The largest absolute Gasteiger partial charge is 0.493 e. The van der Waals surface area contributed by atoms with Crippen LogP contribution in [0.4, 0.5) is 5.69 Å². The summed E-state index contributed by atoms with van der Waals surface area (Å²) in [7, 11) is 0. The second kappa shape index (κ2) is 8.84. The van der Waals surface area contributed by atoms with Crippen LogP contribution < -0.4 is 10.1 Å². The molecule has 2 N–H and O–H groups in total. The third kappa shape index (κ3) is 4.86. The number of benzene rings is 1. The van der Waals surface area contributed by atoms with Crippen molar-refractivity contribution in [1.29, 1.82) is 0 Å². The van der Waals surface area contributed by atoms with Gasteiger partial charge in [-0.1, -0.05) is 6.07 Å². The van der Waals surface area contributed by atoms with Crippen LogP contribution in [0.15, 0.2) is 30.3 Å². The van der Waals surface area contributed by atoms with Gasteiger partial charge in [0.2, 0.25) is 0 Å². The van der Waals surface area contributed by atoms with Gasteiger partial charge in [-0.2, -0.15) is 0 Å². The van der Waals surface area contributed by atoms with E-state index in [1.54, 1.807) is 19.1 Å². The molecule has 0 atom stereocenters. The number of hydrogen-bond donors (Lipinski definition) is 2. The molecule has 7 nitrogen and oxygen atoms in total. The monoisotopic (exact) mass is 384 g/mol. The fraction of sp³-hybridized carbons (Fsp3) is 0.381. The van der Waals surface area contributed by atoms with Gasteiger partial charge in [0.05, 0.1) is 17.9 Å². The zero-order valence-electron chi connectivity index (χ0n) is 16.0. The lowest BCUT2D eigenvalue weighted by atomic mass is 10.0. The Kier molecular flexibility index (Phi) is 6.26. The van der Waals surface area contributed by atoms with Gasteiger partial charge in [-0.25, -0.2) is 9.78 Å². The molecule has 1 fully saturated rings. The van der Waals surface area contributed by atoms with E-state index >= 15 is 0 Å². The number of pyridine rings is 1. The van der Waals surface area contributed by atoms with E-state index in [1.165, 1.54) is 12.1 Å². The highest BCUT2D eigenvalue weighted by atomic mass is 16.5. The smallest absolute Gasteiger partial charge is 0.337 e. The van der Waals surface area contributed by atoms with Gasteiger partial charge in [-0.15, -0.1) is 0 Å². The Labute approximate surface area is 163 Å². The zero-order chi connectivity index (χ0) is 20.1. The van der Waals surface area contributed by atoms with Crippen LogP contribution in [0.2, 0.25) is 0 Å². The lowest BCUT2D eigenvalue weighted by Gasteiger charge is -2.22. The van der Waals surface area contributed by atoms with Gasteiger partial charge >= 0.3 is 5.97 Å². The molecule has 0 spiro atoms. The van der Waals surface area contributed by atoms with Crippen LogP contribution in [0.1, 0.15) is 44.9 Å². The molecule has 0 bridgehead atoms. The molecule has 28 heavy (non-hydrogen) atoms. The molecule has 0 radical (unpaired) electrons. The molecule has 0 saturated carbocycles. The summed E-state index contributed by atoms with van der Waals surface area (Å²) in [6.07, 6.45) is 1.99. The Balaban J connectivity index is 1.67. The minimum atomic E-state index is -1.07. The highest BCUT2D eigenvalue weighted by Crippen LogP contribution is 2.25. The molecule has 148 valence electrons. The van der Waals surface area contributed by atoms with Gasteiger partial charge in [0.15, 0.2) is 0 Å². The van der Waals surface area contributed by atoms with Crippen molar-refractivity contribution in [3.8, 4) is 5.75 Å². The van der Waals surface area contributed by atoms with Crippen LogP contribution >= 0.6 is 0 Å². The van der Waals surface area contributed by atoms with Gasteiger partial charge in [0, 0.05) is 25.0 Å². The van der Waals surface area contributed by atoms with Crippen LogP contribution in [0.3, 0.4) is 0 Å². The Hall–Kier alpha value is -2.93. The summed E-state index contributed by atoms with van der Waals surface area (Å²) in [6, 6.07) is 8.28. The predicted molar refractivity (Wildman–Crippen MR) is 104 cm³/mol. The quantitative estimate of drug-likeness (QED) is 0.792. The molecule has 1 aromatic heterocycles. The van der Waals surface area contributed by atoms with E-state index in [0.29, 0.717) is 23.9 Å². The standard InChI is InChI=1S/C21H24N2O5/c1-13-3-4-16(11-19(13)28-12-15-7-9-27-10-8-15)23-20(24)18-6-5-17(21(25)26)14(2)22-18/h3-6,11,15H,7-10,12H2,1-2H3,(H,23,24)(H,25,26). The van der Waals surface area contributed by atoms with E-state index in [1.807, 2.05) is 13.0 Å². The van der Waals surface area contributed by atoms with Crippen molar-refractivity contribution in [2.45, 2.75) is 26.7 Å². The number of aryl methyl sites for hydroxylation is 2. The highest BCUT2D eigenvalue weighted by molar-refractivity contribution is 6.03. The third-order valence-corrected chi connectivity index (χ3v) is 4.81. The number of anilines is 1. The molecule has 1 amide bonds. The lowest BCUT2D eigenvalue weighted by molar-refractivity contribution is 0.0496. The number of carboxylic acids is 1. The number of carboxylic acid groups (broad SMARTS) is 1. The molecule has 1 saturated heterocycles. The van der Waals surface area contributed by atoms with Crippen LogP contribution in [-0.2, 0) is 4.74 Å². The summed E-state index contributed by atoms with van der Waals surface area (Å²) >= 11 is 0. The molecule has 2 aromatic rings. The normalized spacial score (nSPS) is 14.5. The number of nitrogens with zero attached hydrogens (tertiary/aromatic N) is 1. The third-order valence-electron chi connectivity index (χ3n) is 4.81. The second-order valence-electron chi connectivity index (χ2n) is 6.94. The summed E-state index contributed by atoms with van der Waals surface area (Å²) in [5, 5.41) is 11.9. The Morgan fingerprint density at radius 3 is 2.64 bits per heavy atom. The average Bonchev–Trinajstić information content (AvgIpc) is 2.68. The van der Waals surface area contributed by atoms with Gasteiger partial charge in [0.25, 0.3) is 5.91 Å². The molecule has 1 aromatic carbocycles. The van der Waals surface area contributed by atoms with Gasteiger partial charge in [-0.05, 0) is 56.4 Å². The first-order valence-corrected chi connectivity index (χ1v) is 9.27. The maximum Gasteiger partial charge on any atom is 0.337 e. The maximum atomic E-state index is 12.5.